The monoisotopic (exact) mass is 443 g/mol. The molecule has 0 spiro atoms. The van der Waals surface area contributed by atoms with E-state index >= 15 is 0 Å². The lowest BCUT2D eigenvalue weighted by Gasteiger charge is -2.21. The van der Waals surface area contributed by atoms with Crippen LogP contribution in [0.3, 0.4) is 0 Å². The topological polar surface area (TPSA) is 57.6 Å². The highest BCUT2D eigenvalue weighted by Crippen LogP contribution is 2.33. The van der Waals surface area contributed by atoms with Crippen molar-refractivity contribution in [2.75, 3.05) is 7.05 Å². The molecular weight excluding hydrogens is 418 g/mol. The summed E-state index contributed by atoms with van der Waals surface area (Å²) in [5.74, 6) is 0. The van der Waals surface area contributed by atoms with E-state index in [-0.39, 0.29) is 4.90 Å². The Labute approximate surface area is 189 Å². The number of aliphatic hydroxyl groups is 1. The molecule has 4 nitrogen and oxygen atoms in total. The van der Waals surface area contributed by atoms with Crippen molar-refractivity contribution in [1.29, 1.82) is 0 Å². The molecule has 32 heavy (non-hydrogen) atoms. The van der Waals surface area contributed by atoms with Crippen molar-refractivity contribution >= 4 is 26.4 Å². The van der Waals surface area contributed by atoms with Crippen molar-refractivity contribution in [2.45, 2.75) is 17.9 Å². The van der Waals surface area contributed by atoms with Gasteiger partial charge in [0, 0.05) is 18.8 Å². The number of rotatable bonds is 6. The molecule has 0 unspecified atom stereocenters. The fourth-order valence-corrected chi connectivity index (χ4v) is 4.69. The third-order valence-corrected chi connectivity index (χ3v) is 7.24. The molecular formula is C27H25NO3S. The van der Waals surface area contributed by atoms with Gasteiger partial charge in [-0.05, 0) is 47.0 Å². The predicted octanol–water partition coefficient (Wildman–Crippen LogP) is 5.54. The van der Waals surface area contributed by atoms with Crippen molar-refractivity contribution < 1.29 is 13.5 Å². The molecule has 0 bridgehead atoms. The van der Waals surface area contributed by atoms with E-state index in [0.29, 0.717) is 11.1 Å². The van der Waals surface area contributed by atoms with Gasteiger partial charge in [0.05, 0.1) is 4.90 Å². The molecule has 0 fully saturated rings. The fourth-order valence-electron chi connectivity index (χ4n) is 3.63. The minimum absolute atomic E-state index is 0.203. The zero-order valence-corrected chi connectivity index (χ0v) is 18.8. The van der Waals surface area contributed by atoms with Crippen molar-refractivity contribution in [2.24, 2.45) is 0 Å². The second-order valence-corrected chi connectivity index (χ2v) is 9.79. The zero-order chi connectivity index (χ0) is 22.7. The summed E-state index contributed by atoms with van der Waals surface area (Å²) >= 11 is 0. The maximum absolute atomic E-state index is 13.2. The maximum atomic E-state index is 13.2. The van der Waals surface area contributed by atoms with Crippen LogP contribution in [0.5, 0.6) is 0 Å². The van der Waals surface area contributed by atoms with Gasteiger partial charge in [-0.2, -0.15) is 0 Å². The second kappa shape index (κ2) is 8.99. The summed E-state index contributed by atoms with van der Waals surface area (Å²) in [5.41, 5.74) is 2.93. The maximum Gasteiger partial charge on any atom is 0.263 e. The Morgan fingerprint density at radius 3 is 2.16 bits per heavy atom. The first-order valence-electron chi connectivity index (χ1n) is 10.3. The first kappa shape index (κ1) is 21.8. The van der Waals surface area contributed by atoms with Gasteiger partial charge in [-0.3, -0.25) is 4.31 Å². The van der Waals surface area contributed by atoms with Crippen LogP contribution in [0.15, 0.2) is 108 Å². The quantitative estimate of drug-likeness (QED) is 0.425. The number of nitrogens with zero attached hydrogens (tertiary/aromatic N) is 1. The minimum atomic E-state index is -3.77. The van der Waals surface area contributed by atoms with Crippen LogP contribution in [-0.4, -0.2) is 24.9 Å². The van der Waals surface area contributed by atoms with Crippen molar-refractivity contribution in [3.8, 4) is 0 Å². The van der Waals surface area contributed by atoms with Crippen LogP contribution >= 0.6 is 0 Å². The molecule has 0 heterocycles. The summed E-state index contributed by atoms with van der Waals surface area (Å²) in [4.78, 5) is 0.203. The van der Waals surface area contributed by atoms with E-state index in [9.17, 15) is 13.5 Å². The van der Waals surface area contributed by atoms with E-state index in [0.717, 1.165) is 21.9 Å². The van der Waals surface area contributed by atoms with E-state index in [1.165, 1.54) is 17.6 Å². The van der Waals surface area contributed by atoms with Crippen LogP contribution in [0, 0.1) is 6.92 Å². The van der Waals surface area contributed by atoms with Crippen LogP contribution in [0.4, 0.5) is 0 Å². The number of hydrogen-bond donors (Lipinski definition) is 1. The first-order chi connectivity index (χ1) is 15.4. The largest absolute Gasteiger partial charge is 0.384 e. The lowest BCUT2D eigenvalue weighted by molar-refractivity contribution is 0.237. The van der Waals surface area contributed by atoms with Crippen molar-refractivity contribution in [3.05, 3.63) is 120 Å². The molecule has 0 aliphatic heterocycles. The Balaban J connectivity index is 1.82. The van der Waals surface area contributed by atoms with Gasteiger partial charge in [0.1, 0.15) is 6.10 Å². The average molecular weight is 444 g/mol. The second-order valence-electron chi connectivity index (χ2n) is 7.79. The molecule has 0 amide bonds. The third kappa shape index (κ3) is 4.44. The molecule has 0 aliphatic carbocycles. The van der Waals surface area contributed by atoms with Gasteiger partial charge in [0.2, 0.25) is 0 Å². The predicted molar refractivity (Wildman–Crippen MR) is 129 cm³/mol. The van der Waals surface area contributed by atoms with Gasteiger partial charge < -0.3 is 5.11 Å². The van der Waals surface area contributed by atoms with Crippen LogP contribution in [-0.2, 0) is 10.0 Å². The van der Waals surface area contributed by atoms with Gasteiger partial charge in [-0.15, -0.1) is 0 Å². The molecule has 5 heteroatoms. The van der Waals surface area contributed by atoms with Crippen LogP contribution in [0.1, 0.15) is 22.8 Å². The summed E-state index contributed by atoms with van der Waals surface area (Å²) in [7, 11) is -2.28. The number of sulfonamides is 1. The van der Waals surface area contributed by atoms with Crippen LogP contribution in [0.25, 0.3) is 16.3 Å². The Morgan fingerprint density at radius 2 is 1.47 bits per heavy atom. The number of hydrogen-bond acceptors (Lipinski definition) is 3. The summed E-state index contributed by atoms with van der Waals surface area (Å²) < 4.78 is 27.5. The molecule has 0 saturated carbocycles. The van der Waals surface area contributed by atoms with Gasteiger partial charge in [-0.1, -0.05) is 84.4 Å². The number of aryl methyl sites for hydroxylation is 1. The molecule has 0 aliphatic rings. The Morgan fingerprint density at radius 1 is 0.844 bits per heavy atom. The molecule has 162 valence electrons. The van der Waals surface area contributed by atoms with Gasteiger partial charge in [0.15, 0.2) is 0 Å². The number of aliphatic hydroxyl groups excluding tert-OH is 1. The molecule has 4 rings (SSSR count). The molecule has 4 aromatic carbocycles. The Kier molecular flexibility index (Phi) is 6.12. The summed E-state index contributed by atoms with van der Waals surface area (Å²) in [6, 6.07) is 29.8. The molecule has 0 aromatic heterocycles. The summed E-state index contributed by atoms with van der Waals surface area (Å²) in [6.45, 7) is 1.91. The SMILES string of the molecule is Cc1ccc(S(=O)(=O)N(C)/C=C(\c2ccc3ccccc3c2)[C@@H](O)c2ccccc2)cc1. The van der Waals surface area contributed by atoms with Crippen LogP contribution < -0.4 is 0 Å². The molecule has 1 N–H and O–H groups in total. The lowest BCUT2D eigenvalue weighted by Crippen LogP contribution is -2.22. The van der Waals surface area contributed by atoms with E-state index < -0.39 is 16.1 Å². The summed E-state index contributed by atoms with van der Waals surface area (Å²) in [6.07, 6.45) is 0.518. The highest BCUT2D eigenvalue weighted by atomic mass is 32.2. The highest BCUT2D eigenvalue weighted by Gasteiger charge is 2.22. The van der Waals surface area contributed by atoms with Crippen molar-refractivity contribution in [3.63, 3.8) is 0 Å². The van der Waals surface area contributed by atoms with E-state index in [1.54, 1.807) is 24.3 Å². The smallest absolute Gasteiger partial charge is 0.263 e. The average Bonchev–Trinajstić information content (AvgIpc) is 2.82. The number of fused-ring (bicyclic) bond motifs is 1. The lowest BCUT2D eigenvalue weighted by atomic mass is 9.94. The first-order valence-corrected chi connectivity index (χ1v) is 11.8. The molecule has 0 radical (unpaired) electrons. The number of benzene rings is 4. The Bertz CT molecular complexity index is 1360. The van der Waals surface area contributed by atoms with Gasteiger partial charge >= 0.3 is 0 Å². The van der Waals surface area contributed by atoms with Crippen molar-refractivity contribution in [1.82, 2.24) is 4.31 Å². The normalized spacial score (nSPS) is 13.2. The fraction of sp³-hybridized carbons (Fsp3) is 0.111. The van der Waals surface area contributed by atoms with E-state index in [4.69, 9.17) is 0 Å². The highest BCUT2D eigenvalue weighted by molar-refractivity contribution is 7.89. The third-order valence-electron chi connectivity index (χ3n) is 5.51. The van der Waals surface area contributed by atoms with Gasteiger partial charge in [0.25, 0.3) is 10.0 Å². The molecule has 4 aromatic rings. The Hall–Kier alpha value is -3.41. The standard InChI is InChI=1S/C27H25NO3S/c1-20-12-16-25(17-13-20)32(30,31)28(2)19-26(27(29)22-9-4-3-5-10-22)24-15-14-21-8-6-7-11-23(21)18-24/h3-19,27,29H,1-2H3/b26-19+/t27-/m0/s1. The van der Waals surface area contributed by atoms with Gasteiger partial charge in [-0.25, -0.2) is 8.42 Å². The van der Waals surface area contributed by atoms with Crippen LogP contribution in [0.2, 0.25) is 0 Å². The van der Waals surface area contributed by atoms with E-state index in [1.807, 2.05) is 79.7 Å². The molecule has 1 atom stereocenters. The zero-order valence-electron chi connectivity index (χ0n) is 18.0. The van der Waals surface area contributed by atoms with E-state index in [2.05, 4.69) is 0 Å². The molecule has 0 saturated heterocycles. The summed E-state index contributed by atoms with van der Waals surface area (Å²) in [5, 5.41) is 13.3. The minimum Gasteiger partial charge on any atom is -0.384 e.